The average Bonchev–Trinajstić information content (AvgIpc) is 3.12. The second kappa shape index (κ2) is 6.68. The highest BCUT2D eigenvalue weighted by atomic mass is 32.1. The second-order valence-electron chi connectivity index (χ2n) is 5.58. The highest BCUT2D eigenvalue weighted by Gasteiger charge is 2.23. The Morgan fingerprint density at radius 3 is 2.71 bits per heavy atom. The number of aryl methyl sites for hydroxylation is 2. The SMILES string of the molecule is C[C@H](OC(=O)c1cc2c(s1)CCC2)C(=O)Nc1ccc(F)c(F)c1. The number of fused-ring (bicyclic) bond motifs is 1. The first-order valence-electron chi connectivity index (χ1n) is 7.52. The number of carbonyl (C=O) groups excluding carboxylic acids is 2. The third-order valence-corrected chi connectivity index (χ3v) is 5.01. The number of amides is 1. The van der Waals surface area contributed by atoms with Crippen LogP contribution in [0.3, 0.4) is 0 Å². The third-order valence-electron chi connectivity index (χ3n) is 3.79. The van der Waals surface area contributed by atoms with Crippen LogP contribution < -0.4 is 5.32 Å². The van der Waals surface area contributed by atoms with Crippen LogP contribution in [0.4, 0.5) is 14.5 Å². The normalized spacial score (nSPS) is 14.1. The monoisotopic (exact) mass is 351 g/mol. The lowest BCUT2D eigenvalue weighted by atomic mass is 10.2. The first-order chi connectivity index (χ1) is 11.4. The van der Waals surface area contributed by atoms with Crippen LogP contribution in [0.25, 0.3) is 0 Å². The van der Waals surface area contributed by atoms with Gasteiger partial charge in [0.25, 0.3) is 5.91 Å². The Kier molecular flexibility index (Phi) is 4.62. The van der Waals surface area contributed by atoms with Crippen LogP contribution in [0.15, 0.2) is 24.3 Å². The zero-order valence-corrected chi connectivity index (χ0v) is 13.7. The van der Waals surface area contributed by atoms with E-state index in [0.29, 0.717) is 4.88 Å². The van der Waals surface area contributed by atoms with Crippen molar-refractivity contribution in [2.45, 2.75) is 32.3 Å². The molecule has 7 heteroatoms. The number of hydrogen-bond donors (Lipinski definition) is 1. The summed E-state index contributed by atoms with van der Waals surface area (Å²) >= 11 is 1.39. The van der Waals surface area contributed by atoms with Gasteiger partial charge >= 0.3 is 5.97 Å². The van der Waals surface area contributed by atoms with E-state index in [1.807, 2.05) is 6.07 Å². The van der Waals surface area contributed by atoms with Crippen molar-refractivity contribution in [3.63, 3.8) is 0 Å². The van der Waals surface area contributed by atoms with Gasteiger partial charge in [-0.2, -0.15) is 0 Å². The molecule has 1 aliphatic carbocycles. The molecule has 0 spiro atoms. The molecule has 0 saturated carbocycles. The summed E-state index contributed by atoms with van der Waals surface area (Å²) in [6, 6.07) is 4.82. The molecule has 1 amide bonds. The predicted molar refractivity (Wildman–Crippen MR) is 86.2 cm³/mol. The van der Waals surface area contributed by atoms with E-state index in [4.69, 9.17) is 4.74 Å². The van der Waals surface area contributed by atoms with Crippen LogP contribution >= 0.6 is 11.3 Å². The van der Waals surface area contributed by atoms with E-state index in [9.17, 15) is 18.4 Å². The van der Waals surface area contributed by atoms with Crippen LogP contribution in [0.2, 0.25) is 0 Å². The van der Waals surface area contributed by atoms with Gasteiger partial charge in [-0.25, -0.2) is 13.6 Å². The summed E-state index contributed by atoms with van der Waals surface area (Å²) in [6.07, 6.45) is 1.98. The molecule has 1 atom stereocenters. The smallest absolute Gasteiger partial charge is 0.349 e. The number of halogens is 2. The first kappa shape index (κ1) is 16.6. The maximum atomic E-state index is 13.1. The zero-order valence-electron chi connectivity index (χ0n) is 12.9. The van der Waals surface area contributed by atoms with Gasteiger partial charge in [0, 0.05) is 16.6 Å². The fourth-order valence-electron chi connectivity index (χ4n) is 2.52. The summed E-state index contributed by atoms with van der Waals surface area (Å²) in [7, 11) is 0. The molecule has 24 heavy (non-hydrogen) atoms. The van der Waals surface area contributed by atoms with Gasteiger partial charge in [-0.1, -0.05) is 0 Å². The molecule has 1 aromatic carbocycles. The Bertz CT molecular complexity index is 782. The minimum atomic E-state index is -1.06. The molecule has 2 aromatic rings. The lowest BCUT2D eigenvalue weighted by Gasteiger charge is -2.13. The number of rotatable bonds is 4. The van der Waals surface area contributed by atoms with Crippen molar-refractivity contribution in [3.05, 3.63) is 51.2 Å². The van der Waals surface area contributed by atoms with Gasteiger partial charge in [0.05, 0.1) is 0 Å². The van der Waals surface area contributed by atoms with Gasteiger partial charge in [0.2, 0.25) is 0 Å². The molecular formula is C17H15F2NO3S. The fourth-order valence-corrected chi connectivity index (χ4v) is 3.66. The summed E-state index contributed by atoms with van der Waals surface area (Å²) < 4.78 is 31.2. The van der Waals surface area contributed by atoms with E-state index in [0.717, 1.165) is 31.4 Å². The van der Waals surface area contributed by atoms with Crippen molar-refractivity contribution in [1.29, 1.82) is 0 Å². The number of hydrogen-bond acceptors (Lipinski definition) is 4. The Morgan fingerprint density at radius 1 is 1.21 bits per heavy atom. The average molecular weight is 351 g/mol. The number of nitrogens with one attached hydrogen (secondary N) is 1. The minimum Gasteiger partial charge on any atom is -0.448 e. The van der Waals surface area contributed by atoms with E-state index in [1.165, 1.54) is 34.8 Å². The number of benzene rings is 1. The second-order valence-corrected chi connectivity index (χ2v) is 6.72. The maximum absolute atomic E-state index is 13.1. The third kappa shape index (κ3) is 3.46. The summed E-state index contributed by atoms with van der Waals surface area (Å²) in [6.45, 7) is 1.43. The number of ether oxygens (including phenoxy) is 1. The molecule has 0 saturated heterocycles. The molecule has 1 N–H and O–H groups in total. The highest BCUT2D eigenvalue weighted by Crippen LogP contribution is 2.31. The van der Waals surface area contributed by atoms with Gasteiger partial charge in [-0.15, -0.1) is 11.3 Å². The number of anilines is 1. The Morgan fingerprint density at radius 2 is 2.00 bits per heavy atom. The molecule has 0 radical (unpaired) electrons. The Labute approximate surface area is 141 Å². The van der Waals surface area contributed by atoms with Gasteiger partial charge in [-0.3, -0.25) is 4.79 Å². The first-order valence-corrected chi connectivity index (χ1v) is 8.34. The molecule has 0 aliphatic heterocycles. The van der Waals surface area contributed by atoms with Crippen LogP contribution in [0, 0.1) is 11.6 Å². The number of carbonyl (C=O) groups is 2. The lowest BCUT2D eigenvalue weighted by Crippen LogP contribution is -2.29. The van der Waals surface area contributed by atoms with E-state index < -0.39 is 29.6 Å². The summed E-state index contributed by atoms with van der Waals surface area (Å²) in [4.78, 5) is 25.8. The Balaban J connectivity index is 1.60. The molecule has 3 rings (SSSR count). The number of thiophene rings is 1. The molecule has 1 aliphatic rings. The minimum absolute atomic E-state index is 0.0944. The van der Waals surface area contributed by atoms with Crippen molar-refractivity contribution >= 4 is 28.9 Å². The van der Waals surface area contributed by atoms with Crippen molar-refractivity contribution < 1.29 is 23.1 Å². The molecule has 1 heterocycles. The predicted octanol–water partition coefficient (Wildman–Crippen LogP) is 3.70. The van der Waals surface area contributed by atoms with E-state index >= 15 is 0 Å². The van der Waals surface area contributed by atoms with Gasteiger partial charge in [0.15, 0.2) is 17.7 Å². The van der Waals surface area contributed by atoms with Crippen LogP contribution in [-0.4, -0.2) is 18.0 Å². The molecular weight excluding hydrogens is 336 g/mol. The molecule has 0 bridgehead atoms. The van der Waals surface area contributed by atoms with Crippen molar-refractivity contribution in [3.8, 4) is 0 Å². The number of esters is 1. The zero-order chi connectivity index (χ0) is 17.3. The van der Waals surface area contributed by atoms with Gasteiger partial charge < -0.3 is 10.1 Å². The van der Waals surface area contributed by atoms with Gasteiger partial charge in [-0.05, 0) is 49.9 Å². The molecule has 0 unspecified atom stereocenters. The summed E-state index contributed by atoms with van der Waals surface area (Å²) in [5.74, 6) is -3.23. The quantitative estimate of drug-likeness (QED) is 0.855. The fraction of sp³-hybridized carbons (Fsp3) is 0.294. The highest BCUT2D eigenvalue weighted by molar-refractivity contribution is 7.14. The van der Waals surface area contributed by atoms with Crippen LogP contribution in [-0.2, 0) is 22.4 Å². The van der Waals surface area contributed by atoms with Crippen LogP contribution in [0.5, 0.6) is 0 Å². The Hall–Kier alpha value is -2.28. The van der Waals surface area contributed by atoms with Crippen LogP contribution in [0.1, 0.15) is 33.5 Å². The lowest BCUT2D eigenvalue weighted by molar-refractivity contribution is -0.123. The van der Waals surface area contributed by atoms with Crippen molar-refractivity contribution in [2.24, 2.45) is 0 Å². The standard InChI is InChI=1S/C17H15F2NO3S/c1-9(16(21)20-11-5-6-12(18)13(19)8-11)23-17(22)15-7-10-3-2-4-14(10)24-15/h5-9H,2-4H2,1H3,(H,20,21)/t9-/m0/s1. The van der Waals surface area contributed by atoms with Crippen molar-refractivity contribution in [2.75, 3.05) is 5.32 Å². The summed E-state index contributed by atoms with van der Waals surface area (Å²) in [5.41, 5.74) is 1.27. The topological polar surface area (TPSA) is 55.4 Å². The van der Waals surface area contributed by atoms with E-state index in [2.05, 4.69) is 5.32 Å². The molecule has 0 fully saturated rings. The maximum Gasteiger partial charge on any atom is 0.349 e. The van der Waals surface area contributed by atoms with E-state index in [1.54, 1.807) is 0 Å². The molecule has 126 valence electrons. The van der Waals surface area contributed by atoms with Gasteiger partial charge in [0.1, 0.15) is 4.88 Å². The van der Waals surface area contributed by atoms with Crippen molar-refractivity contribution in [1.82, 2.24) is 0 Å². The molecule has 4 nitrogen and oxygen atoms in total. The molecule has 1 aromatic heterocycles. The largest absolute Gasteiger partial charge is 0.448 e. The van der Waals surface area contributed by atoms with E-state index in [-0.39, 0.29) is 5.69 Å². The summed E-state index contributed by atoms with van der Waals surface area (Å²) in [5, 5.41) is 2.39.